The molecule has 15 nitrogen and oxygen atoms in total. The quantitative estimate of drug-likeness (QED) is 0.0560. The molecule has 71 heavy (non-hydrogen) atoms. The Morgan fingerprint density at radius 2 is 0.958 bits per heavy atom. The van der Waals surface area contributed by atoms with Gasteiger partial charge in [-0.25, -0.2) is 8.42 Å². The van der Waals surface area contributed by atoms with Crippen molar-refractivity contribution in [3.8, 4) is 34.5 Å². The van der Waals surface area contributed by atoms with Crippen LogP contribution in [0.15, 0.2) is 121 Å². The van der Waals surface area contributed by atoms with Crippen molar-refractivity contribution in [1.82, 2.24) is 0 Å². The molecular weight excluding hydrogens is 996 g/mol. The van der Waals surface area contributed by atoms with E-state index in [0.29, 0.717) is 77.8 Å². The molecule has 0 bridgehead atoms. The molecule has 374 valence electrons. The Bertz CT molecular complexity index is 3020. The highest BCUT2D eigenvalue weighted by Gasteiger charge is 2.22. The Morgan fingerprint density at radius 3 is 1.34 bits per heavy atom. The number of carboxylic acids is 2. The molecule has 0 saturated carbocycles. The highest BCUT2D eigenvalue weighted by atomic mass is 35.5. The molecule has 6 rings (SSSR count). The molecular formula is C52H52Cl2N2O13S2. The Morgan fingerprint density at radius 1 is 0.563 bits per heavy atom. The van der Waals surface area contributed by atoms with Crippen LogP contribution in [0.5, 0.6) is 34.5 Å². The van der Waals surface area contributed by atoms with Gasteiger partial charge in [-0.05, 0) is 134 Å². The van der Waals surface area contributed by atoms with Gasteiger partial charge in [0.2, 0.25) is 0 Å². The first-order valence-corrected chi connectivity index (χ1v) is 25.6. The van der Waals surface area contributed by atoms with E-state index in [2.05, 4.69) is 10.6 Å². The standard InChI is InChI=1S/C26H26ClNO7S.C26H26ClNO6S/c1-16(2)36(32,33)15-19-14-21(28-26(31)18-5-7-20(27)8-6-18)9-11-22(19)35-24-12-17(13-25(29)30)4-10-23(24)34-3;1-16(2)35(32)15-19-14-21(28-26(31)18-5-7-20(27)8-6-18)9-11-22(19)34-24-12-17(13-25(29)30)4-10-23(24)33-3/h4-12,14,16H,13,15H2,1-3H3,(H,28,31)(H,29,30);4-12,14,16H,13,15H2,1-3H3,(H,28,31)(H,29,30). The first kappa shape index (κ1) is 55.0. The number of methoxy groups -OCH3 is 2. The van der Waals surface area contributed by atoms with Crippen molar-refractivity contribution in [1.29, 1.82) is 0 Å². The SMILES string of the molecule is COc1ccc(CC(=O)O)cc1Oc1ccc(NC(=O)c2ccc(Cl)cc2)cc1CS(=O)(=O)C(C)C.COc1ccc(CC(=O)O)cc1Oc1ccc(NC(=O)c2ccc(Cl)cc2)cc1CS(=O)C(C)C. The molecule has 0 spiro atoms. The van der Waals surface area contributed by atoms with Crippen LogP contribution in [0.4, 0.5) is 11.4 Å². The molecule has 1 atom stereocenters. The summed E-state index contributed by atoms with van der Waals surface area (Å²) in [6.07, 6.45) is -0.384. The maximum Gasteiger partial charge on any atom is 0.307 e. The van der Waals surface area contributed by atoms with Crippen LogP contribution in [0.25, 0.3) is 0 Å². The predicted octanol–water partition coefficient (Wildman–Crippen LogP) is 11.0. The van der Waals surface area contributed by atoms with Crippen LogP contribution in [0, 0.1) is 0 Å². The molecule has 0 aliphatic carbocycles. The zero-order valence-electron chi connectivity index (χ0n) is 39.5. The van der Waals surface area contributed by atoms with E-state index in [4.69, 9.17) is 52.4 Å². The minimum absolute atomic E-state index is 0.0800. The summed E-state index contributed by atoms with van der Waals surface area (Å²) in [5, 5.41) is 24.1. The third-order valence-electron chi connectivity index (χ3n) is 10.4. The van der Waals surface area contributed by atoms with E-state index in [9.17, 15) is 31.8 Å². The predicted molar refractivity (Wildman–Crippen MR) is 275 cm³/mol. The van der Waals surface area contributed by atoms with E-state index >= 15 is 0 Å². The summed E-state index contributed by atoms with van der Waals surface area (Å²) >= 11 is 11.8. The van der Waals surface area contributed by atoms with Crippen molar-refractivity contribution in [2.45, 2.75) is 62.5 Å². The van der Waals surface area contributed by atoms with E-state index in [-0.39, 0.29) is 52.9 Å². The minimum atomic E-state index is -3.52. The van der Waals surface area contributed by atoms with E-state index in [0.717, 1.165) is 0 Å². The van der Waals surface area contributed by atoms with Gasteiger partial charge in [0.15, 0.2) is 32.8 Å². The number of ether oxygens (including phenoxy) is 4. The van der Waals surface area contributed by atoms with E-state index in [1.807, 2.05) is 13.8 Å². The lowest BCUT2D eigenvalue weighted by Gasteiger charge is -2.17. The molecule has 0 saturated heterocycles. The third kappa shape index (κ3) is 16.3. The van der Waals surface area contributed by atoms with Crippen molar-refractivity contribution in [2.75, 3.05) is 24.9 Å². The number of halogens is 2. The summed E-state index contributed by atoms with van der Waals surface area (Å²) in [6, 6.07) is 32.2. The Hall–Kier alpha value is -6.92. The Kier molecular flexibility index (Phi) is 19.6. The fourth-order valence-electron chi connectivity index (χ4n) is 6.46. The maximum absolute atomic E-state index is 12.7. The van der Waals surface area contributed by atoms with E-state index in [1.54, 1.807) is 123 Å². The average molecular weight is 1050 g/mol. The van der Waals surface area contributed by atoms with Gasteiger partial charge in [0, 0.05) is 59.7 Å². The van der Waals surface area contributed by atoms with Crippen LogP contribution in [0.1, 0.15) is 70.7 Å². The van der Waals surface area contributed by atoms with Gasteiger partial charge >= 0.3 is 11.9 Å². The van der Waals surface area contributed by atoms with Crippen LogP contribution in [0.3, 0.4) is 0 Å². The number of hydrogen-bond acceptors (Lipinski definition) is 11. The summed E-state index contributed by atoms with van der Waals surface area (Å²) in [6.45, 7) is 6.89. The van der Waals surface area contributed by atoms with Gasteiger partial charge in [0.25, 0.3) is 11.8 Å². The van der Waals surface area contributed by atoms with Crippen LogP contribution >= 0.6 is 23.2 Å². The second-order valence-corrected chi connectivity index (χ2v) is 21.7. The Balaban J connectivity index is 0.000000264. The normalized spacial score (nSPS) is 11.5. The van der Waals surface area contributed by atoms with Crippen molar-refractivity contribution >= 4 is 79.0 Å². The second-order valence-electron chi connectivity index (χ2n) is 16.3. The second kappa shape index (κ2) is 25.3. The lowest BCUT2D eigenvalue weighted by Crippen LogP contribution is -2.17. The van der Waals surface area contributed by atoms with Crippen molar-refractivity contribution in [2.24, 2.45) is 0 Å². The number of hydrogen-bond donors (Lipinski definition) is 4. The van der Waals surface area contributed by atoms with Gasteiger partial charge in [-0.15, -0.1) is 0 Å². The molecule has 0 radical (unpaired) electrons. The van der Waals surface area contributed by atoms with Gasteiger partial charge < -0.3 is 39.8 Å². The van der Waals surface area contributed by atoms with Gasteiger partial charge in [0.1, 0.15) is 11.5 Å². The number of anilines is 2. The number of carboxylic acid groups (broad SMARTS) is 2. The number of aliphatic carboxylic acids is 2. The smallest absolute Gasteiger partial charge is 0.307 e. The number of carbonyl (C=O) groups excluding carboxylic acids is 2. The summed E-state index contributed by atoms with van der Waals surface area (Å²) in [7, 11) is -1.78. The van der Waals surface area contributed by atoms with Crippen LogP contribution in [-0.2, 0) is 54.6 Å². The molecule has 2 amide bonds. The molecule has 19 heteroatoms. The molecule has 1 unspecified atom stereocenters. The summed E-state index contributed by atoms with van der Waals surface area (Å²) in [5.41, 5.74) is 3.70. The molecule has 0 heterocycles. The number of benzene rings is 6. The van der Waals surface area contributed by atoms with Gasteiger partial charge in [-0.2, -0.15) is 0 Å². The molecule has 0 aliphatic rings. The molecule has 6 aromatic carbocycles. The lowest BCUT2D eigenvalue weighted by atomic mass is 10.1. The lowest BCUT2D eigenvalue weighted by molar-refractivity contribution is -0.137. The fraction of sp³-hybridized carbons (Fsp3) is 0.231. The average Bonchev–Trinajstić information content (AvgIpc) is 3.31. The van der Waals surface area contributed by atoms with Crippen LogP contribution in [0.2, 0.25) is 10.0 Å². The number of amides is 2. The third-order valence-corrected chi connectivity index (χ3v) is 14.7. The summed E-state index contributed by atoms with van der Waals surface area (Å²) in [5.74, 6) is -0.795. The topological polar surface area (TPSA) is 221 Å². The van der Waals surface area contributed by atoms with Gasteiger partial charge in [-0.1, -0.05) is 49.2 Å². The number of nitrogens with one attached hydrogen (secondary N) is 2. The van der Waals surface area contributed by atoms with Gasteiger partial charge in [-0.3, -0.25) is 23.4 Å². The minimum Gasteiger partial charge on any atom is -0.493 e. The Labute approximate surface area is 424 Å². The van der Waals surface area contributed by atoms with Gasteiger partial charge in [0.05, 0.1) is 43.8 Å². The largest absolute Gasteiger partial charge is 0.493 e. The highest BCUT2D eigenvalue weighted by molar-refractivity contribution is 7.91. The van der Waals surface area contributed by atoms with Crippen molar-refractivity contribution in [3.05, 3.63) is 165 Å². The molecule has 4 N–H and O–H groups in total. The fourth-order valence-corrected chi connectivity index (χ4v) is 8.57. The zero-order chi connectivity index (χ0) is 52.0. The van der Waals surface area contributed by atoms with Crippen LogP contribution < -0.4 is 29.6 Å². The van der Waals surface area contributed by atoms with E-state index < -0.39 is 37.8 Å². The number of rotatable bonds is 20. The van der Waals surface area contributed by atoms with Crippen molar-refractivity contribution < 1.29 is 61.0 Å². The molecule has 6 aromatic rings. The highest BCUT2D eigenvalue weighted by Crippen LogP contribution is 2.38. The summed E-state index contributed by atoms with van der Waals surface area (Å²) < 4.78 is 61.0. The first-order chi connectivity index (χ1) is 33.6. The van der Waals surface area contributed by atoms with E-state index in [1.165, 1.54) is 26.4 Å². The molecule has 0 aliphatic heterocycles. The van der Waals surface area contributed by atoms with Crippen LogP contribution in [-0.4, -0.2) is 71.3 Å². The maximum atomic E-state index is 12.7. The number of sulfone groups is 1. The number of carbonyl (C=O) groups is 4. The monoisotopic (exact) mass is 1050 g/mol. The first-order valence-electron chi connectivity index (χ1n) is 21.8. The van der Waals surface area contributed by atoms with Crippen molar-refractivity contribution in [3.63, 3.8) is 0 Å². The molecule has 0 aromatic heterocycles. The summed E-state index contributed by atoms with van der Waals surface area (Å²) in [4.78, 5) is 47.6. The zero-order valence-corrected chi connectivity index (χ0v) is 42.6. The molecule has 0 fully saturated rings.